The van der Waals surface area contributed by atoms with Gasteiger partial charge in [0.25, 0.3) is 5.91 Å². The van der Waals surface area contributed by atoms with Gasteiger partial charge in [0.2, 0.25) is 0 Å². The second kappa shape index (κ2) is 5.65. The van der Waals surface area contributed by atoms with E-state index in [0.29, 0.717) is 13.1 Å². The molecule has 0 spiro atoms. The molecule has 0 atom stereocenters. The summed E-state index contributed by atoms with van der Waals surface area (Å²) in [4.78, 5) is 14.8. The van der Waals surface area contributed by atoms with Gasteiger partial charge in [-0.15, -0.1) is 24.5 Å². The maximum atomic E-state index is 12.3. The normalized spacial score (nSPS) is 10.2. The van der Waals surface area contributed by atoms with E-state index in [4.69, 9.17) is 0 Å². The van der Waals surface area contributed by atoms with E-state index < -0.39 is 0 Å². The zero-order valence-electron chi connectivity index (χ0n) is 10.1. The Balaban J connectivity index is 2.30. The van der Waals surface area contributed by atoms with Crippen molar-refractivity contribution in [3.05, 3.63) is 60.5 Å². The fraction of sp³-hybridized carbons (Fsp3) is 0.133. The van der Waals surface area contributed by atoms with Gasteiger partial charge >= 0.3 is 0 Å². The minimum absolute atomic E-state index is 0.0380. The molecule has 0 aliphatic heterocycles. The summed E-state index contributed by atoms with van der Waals surface area (Å²) in [5, 5.41) is 1.11. The van der Waals surface area contributed by atoms with Crippen molar-refractivity contribution >= 4 is 27.3 Å². The number of nitrogens with zero attached hydrogens (tertiary/aromatic N) is 1. The first kappa shape index (κ1) is 12.6. The molecular formula is C15H15NOS. The molecule has 0 unspecified atom stereocenters. The smallest absolute Gasteiger partial charge is 0.264 e. The van der Waals surface area contributed by atoms with Gasteiger partial charge in [-0.1, -0.05) is 30.4 Å². The number of amides is 1. The minimum atomic E-state index is 0.0380. The third-order valence-electron chi connectivity index (χ3n) is 2.62. The van der Waals surface area contributed by atoms with Gasteiger partial charge in [-0.25, -0.2) is 0 Å². The highest BCUT2D eigenvalue weighted by molar-refractivity contribution is 7.20. The molecule has 92 valence electrons. The molecule has 1 aromatic carbocycles. The van der Waals surface area contributed by atoms with E-state index in [1.54, 1.807) is 17.1 Å². The van der Waals surface area contributed by atoms with Gasteiger partial charge in [-0.3, -0.25) is 4.79 Å². The molecule has 0 saturated carbocycles. The largest absolute Gasteiger partial charge is 0.331 e. The molecule has 0 aliphatic rings. The third-order valence-corrected chi connectivity index (χ3v) is 3.73. The lowest BCUT2D eigenvalue weighted by Gasteiger charge is -2.17. The number of hydrogen-bond donors (Lipinski definition) is 0. The van der Waals surface area contributed by atoms with Crippen LogP contribution in [-0.2, 0) is 0 Å². The maximum absolute atomic E-state index is 12.3. The lowest BCUT2D eigenvalue weighted by molar-refractivity contribution is 0.0795. The first-order valence-electron chi connectivity index (χ1n) is 5.76. The Morgan fingerprint density at radius 3 is 2.50 bits per heavy atom. The maximum Gasteiger partial charge on any atom is 0.264 e. The van der Waals surface area contributed by atoms with E-state index in [0.717, 1.165) is 15.0 Å². The van der Waals surface area contributed by atoms with Crippen LogP contribution >= 0.6 is 11.3 Å². The summed E-state index contributed by atoms with van der Waals surface area (Å²) in [6.07, 6.45) is 3.46. The highest BCUT2D eigenvalue weighted by atomic mass is 32.1. The summed E-state index contributed by atoms with van der Waals surface area (Å²) in [6, 6.07) is 9.96. The molecule has 1 amide bonds. The average Bonchev–Trinajstić information content (AvgIpc) is 2.81. The van der Waals surface area contributed by atoms with Gasteiger partial charge in [0.05, 0.1) is 4.88 Å². The Bertz CT molecular complexity index is 542. The number of fused-ring (bicyclic) bond motifs is 1. The molecule has 3 heteroatoms. The molecule has 0 saturated heterocycles. The highest BCUT2D eigenvalue weighted by Crippen LogP contribution is 2.26. The summed E-state index contributed by atoms with van der Waals surface area (Å²) in [7, 11) is 0. The number of benzene rings is 1. The zero-order valence-corrected chi connectivity index (χ0v) is 11.0. The Morgan fingerprint density at radius 2 is 1.89 bits per heavy atom. The van der Waals surface area contributed by atoms with E-state index in [2.05, 4.69) is 13.2 Å². The van der Waals surface area contributed by atoms with Crippen molar-refractivity contribution in [2.24, 2.45) is 0 Å². The van der Waals surface area contributed by atoms with Crippen LogP contribution in [0.15, 0.2) is 55.6 Å². The molecule has 1 aromatic heterocycles. The van der Waals surface area contributed by atoms with Crippen LogP contribution in [0.3, 0.4) is 0 Å². The molecule has 0 bridgehead atoms. The third kappa shape index (κ3) is 2.51. The minimum Gasteiger partial charge on any atom is -0.331 e. The number of rotatable bonds is 5. The fourth-order valence-electron chi connectivity index (χ4n) is 1.80. The van der Waals surface area contributed by atoms with E-state index in [1.165, 1.54) is 11.3 Å². The predicted octanol–water partition coefficient (Wildman–Crippen LogP) is 3.72. The van der Waals surface area contributed by atoms with Crippen molar-refractivity contribution in [3.63, 3.8) is 0 Å². The zero-order chi connectivity index (χ0) is 13.0. The van der Waals surface area contributed by atoms with Crippen molar-refractivity contribution < 1.29 is 4.79 Å². The van der Waals surface area contributed by atoms with Gasteiger partial charge in [-0.2, -0.15) is 0 Å². The van der Waals surface area contributed by atoms with E-state index in [9.17, 15) is 4.79 Å². The van der Waals surface area contributed by atoms with Crippen molar-refractivity contribution in [1.29, 1.82) is 0 Å². The van der Waals surface area contributed by atoms with Crippen molar-refractivity contribution in [2.45, 2.75) is 0 Å². The molecule has 1 heterocycles. The predicted molar refractivity (Wildman–Crippen MR) is 78.1 cm³/mol. The second-order valence-electron chi connectivity index (χ2n) is 3.94. The summed E-state index contributed by atoms with van der Waals surface area (Å²) >= 11 is 1.53. The molecule has 2 rings (SSSR count). The molecular weight excluding hydrogens is 242 g/mol. The monoisotopic (exact) mass is 257 g/mol. The molecule has 0 aliphatic carbocycles. The van der Waals surface area contributed by atoms with Crippen LogP contribution in [0, 0.1) is 0 Å². The van der Waals surface area contributed by atoms with Gasteiger partial charge in [0.1, 0.15) is 0 Å². The van der Waals surface area contributed by atoms with Crippen LogP contribution in [0.25, 0.3) is 10.1 Å². The second-order valence-corrected chi connectivity index (χ2v) is 5.02. The molecule has 0 fully saturated rings. The molecule has 0 radical (unpaired) electrons. The van der Waals surface area contributed by atoms with Gasteiger partial charge < -0.3 is 4.90 Å². The molecule has 0 N–H and O–H groups in total. The van der Waals surface area contributed by atoms with E-state index in [-0.39, 0.29) is 5.91 Å². The van der Waals surface area contributed by atoms with Crippen LogP contribution in [-0.4, -0.2) is 23.9 Å². The fourth-order valence-corrected chi connectivity index (χ4v) is 2.83. The van der Waals surface area contributed by atoms with E-state index >= 15 is 0 Å². The highest BCUT2D eigenvalue weighted by Gasteiger charge is 2.15. The van der Waals surface area contributed by atoms with Crippen LogP contribution in [0.5, 0.6) is 0 Å². The molecule has 2 aromatic rings. The van der Waals surface area contributed by atoms with Gasteiger partial charge in [-0.05, 0) is 17.5 Å². The number of carbonyl (C=O) groups is 1. The van der Waals surface area contributed by atoms with Gasteiger partial charge in [0.15, 0.2) is 0 Å². The Kier molecular flexibility index (Phi) is 3.95. The number of thiophene rings is 1. The molecule has 2 nitrogen and oxygen atoms in total. The van der Waals surface area contributed by atoms with Crippen LogP contribution < -0.4 is 0 Å². The van der Waals surface area contributed by atoms with Crippen LogP contribution in [0.4, 0.5) is 0 Å². The summed E-state index contributed by atoms with van der Waals surface area (Å²) in [5.41, 5.74) is 0. The van der Waals surface area contributed by atoms with Crippen molar-refractivity contribution in [2.75, 3.05) is 13.1 Å². The van der Waals surface area contributed by atoms with E-state index in [1.807, 2.05) is 30.3 Å². The standard InChI is InChI=1S/C15H15NOS/c1-3-9-16(10-4-2)15(17)14-11-12-7-5-6-8-13(12)18-14/h3-8,11H,1-2,9-10H2. The first-order chi connectivity index (χ1) is 8.76. The lowest BCUT2D eigenvalue weighted by atomic mass is 10.2. The number of hydrogen-bond acceptors (Lipinski definition) is 2. The van der Waals surface area contributed by atoms with Crippen molar-refractivity contribution in [1.82, 2.24) is 4.90 Å². The first-order valence-corrected chi connectivity index (χ1v) is 6.57. The van der Waals surface area contributed by atoms with Crippen LogP contribution in [0.1, 0.15) is 9.67 Å². The molecule has 18 heavy (non-hydrogen) atoms. The summed E-state index contributed by atoms with van der Waals surface area (Å²) in [6.45, 7) is 8.44. The summed E-state index contributed by atoms with van der Waals surface area (Å²) < 4.78 is 1.14. The Hall–Kier alpha value is -1.87. The van der Waals surface area contributed by atoms with Gasteiger partial charge in [0, 0.05) is 17.8 Å². The SMILES string of the molecule is C=CCN(CC=C)C(=O)c1cc2ccccc2s1. The quantitative estimate of drug-likeness (QED) is 0.748. The van der Waals surface area contributed by atoms with Crippen LogP contribution in [0.2, 0.25) is 0 Å². The summed E-state index contributed by atoms with van der Waals surface area (Å²) in [5.74, 6) is 0.0380. The number of carbonyl (C=O) groups excluding carboxylic acids is 1. The van der Waals surface area contributed by atoms with Crippen molar-refractivity contribution in [3.8, 4) is 0 Å². The average molecular weight is 257 g/mol. The Labute approximate surface area is 111 Å². The Morgan fingerprint density at radius 1 is 1.22 bits per heavy atom. The lowest BCUT2D eigenvalue weighted by Crippen LogP contribution is -2.30. The topological polar surface area (TPSA) is 20.3 Å².